The van der Waals surface area contributed by atoms with Crippen LogP contribution in [-0.4, -0.2) is 29.3 Å². The van der Waals surface area contributed by atoms with Crippen molar-refractivity contribution in [2.24, 2.45) is 0 Å². The molecular formula is C20H19NO4S. The van der Waals surface area contributed by atoms with E-state index in [2.05, 4.69) is 4.98 Å². The quantitative estimate of drug-likeness (QED) is 0.636. The molecule has 0 radical (unpaired) electrons. The second-order valence-electron chi connectivity index (χ2n) is 5.45. The molecule has 1 heterocycles. The fraction of sp³-hybridized carbons (Fsp3) is 0.200. The van der Waals surface area contributed by atoms with Crippen LogP contribution >= 0.6 is 11.3 Å². The predicted molar refractivity (Wildman–Crippen MR) is 102 cm³/mol. The van der Waals surface area contributed by atoms with Crippen LogP contribution in [0.1, 0.15) is 24.2 Å². The van der Waals surface area contributed by atoms with Crippen molar-refractivity contribution in [3.8, 4) is 33.3 Å². The molecule has 6 heteroatoms. The summed E-state index contributed by atoms with van der Waals surface area (Å²) in [7, 11) is 0. The number of hydrogen-bond donors (Lipinski definition) is 1. The summed E-state index contributed by atoms with van der Waals surface area (Å²) in [5.74, 6) is 0.488. The van der Waals surface area contributed by atoms with Gasteiger partial charge in [0.1, 0.15) is 5.01 Å². The molecule has 3 aromatic rings. The maximum atomic E-state index is 11.0. The molecule has 0 bridgehead atoms. The molecule has 134 valence electrons. The maximum absolute atomic E-state index is 11.0. The molecule has 0 aliphatic carbocycles. The van der Waals surface area contributed by atoms with Crippen molar-refractivity contribution in [2.45, 2.75) is 13.8 Å². The number of carbonyl (C=O) groups is 1. The molecule has 0 fully saturated rings. The van der Waals surface area contributed by atoms with Crippen LogP contribution < -0.4 is 9.47 Å². The van der Waals surface area contributed by atoms with Gasteiger partial charge in [-0.2, -0.15) is 0 Å². The number of ether oxygens (including phenoxy) is 2. The van der Waals surface area contributed by atoms with Gasteiger partial charge in [0.25, 0.3) is 0 Å². The van der Waals surface area contributed by atoms with Crippen molar-refractivity contribution >= 4 is 17.3 Å². The van der Waals surface area contributed by atoms with E-state index < -0.39 is 5.97 Å². The SMILES string of the molecule is CCOc1ccc(-c2nc(-c3ccc(C(=O)O)cc3)cs2)cc1OCC. The summed E-state index contributed by atoms with van der Waals surface area (Å²) in [4.78, 5) is 15.6. The van der Waals surface area contributed by atoms with E-state index in [4.69, 9.17) is 14.6 Å². The Balaban J connectivity index is 1.89. The molecule has 3 rings (SSSR count). The van der Waals surface area contributed by atoms with Gasteiger partial charge in [0.2, 0.25) is 0 Å². The van der Waals surface area contributed by atoms with Gasteiger partial charge in [-0.1, -0.05) is 12.1 Å². The highest BCUT2D eigenvalue weighted by Gasteiger charge is 2.12. The molecule has 1 N–H and O–H groups in total. The third-order valence-electron chi connectivity index (χ3n) is 3.72. The number of rotatable bonds is 7. The van der Waals surface area contributed by atoms with Gasteiger partial charge in [-0.05, 0) is 44.2 Å². The Bertz CT molecular complexity index is 902. The molecule has 0 unspecified atom stereocenters. The summed E-state index contributed by atoms with van der Waals surface area (Å²) in [5, 5.41) is 11.8. The van der Waals surface area contributed by atoms with E-state index in [1.807, 2.05) is 37.4 Å². The first-order chi connectivity index (χ1) is 12.6. The minimum absolute atomic E-state index is 0.261. The molecule has 2 aromatic carbocycles. The van der Waals surface area contributed by atoms with Gasteiger partial charge in [-0.3, -0.25) is 0 Å². The van der Waals surface area contributed by atoms with Crippen molar-refractivity contribution in [1.29, 1.82) is 0 Å². The monoisotopic (exact) mass is 369 g/mol. The highest BCUT2D eigenvalue weighted by Crippen LogP contribution is 2.35. The van der Waals surface area contributed by atoms with Crippen LogP contribution in [0.3, 0.4) is 0 Å². The number of carboxylic acid groups (broad SMARTS) is 1. The Morgan fingerprint density at radius 3 is 2.31 bits per heavy atom. The number of carboxylic acids is 1. The Morgan fingerprint density at radius 2 is 1.65 bits per heavy atom. The zero-order valence-electron chi connectivity index (χ0n) is 14.6. The Morgan fingerprint density at radius 1 is 1.00 bits per heavy atom. The Labute approximate surface area is 155 Å². The molecule has 0 amide bonds. The summed E-state index contributed by atoms with van der Waals surface area (Å²) >= 11 is 1.53. The topological polar surface area (TPSA) is 68.7 Å². The molecule has 0 saturated carbocycles. The summed E-state index contributed by atoms with van der Waals surface area (Å²) in [6, 6.07) is 12.5. The van der Waals surface area contributed by atoms with Crippen LogP contribution in [0.25, 0.3) is 21.8 Å². The zero-order valence-corrected chi connectivity index (χ0v) is 15.4. The van der Waals surface area contributed by atoms with Crippen LogP contribution in [0.15, 0.2) is 47.8 Å². The zero-order chi connectivity index (χ0) is 18.5. The highest BCUT2D eigenvalue weighted by molar-refractivity contribution is 7.13. The van der Waals surface area contributed by atoms with E-state index in [0.29, 0.717) is 19.0 Å². The number of benzene rings is 2. The van der Waals surface area contributed by atoms with Gasteiger partial charge in [0, 0.05) is 16.5 Å². The van der Waals surface area contributed by atoms with Gasteiger partial charge >= 0.3 is 5.97 Å². The summed E-state index contributed by atoms with van der Waals surface area (Å²) < 4.78 is 11.3. The second kappa shape index (κ2) is 8.01. The Hall–Kier alpha value is -2.86. The first kappa shape index (κ1) is 17.9. The van der Waals surface area contributed by atoms with Crippen LogP contribution in [0.5, 0.6) is 11.5 Å². The summed E-state index contributed by atoms with van der Waals surface area (Å²) in [6.45, 7) is 5.01. The lowest BCUT2D eigenvalue weighted by atomic mass is 10.1. The first-order valence-corrected chi connectivity index (χ1v) is 9.19. The molecule has 0 aliphatic heterocycles. The third-order valence-corrected chi connectivity index (χ3v) is 4.61. The van der Waals surface area contributed by atoms with Crippen molar-refractivity contribution in [3.05, 3.63) is 53.4 Å². The standard InChI is InChI=1S/C20H19NO4S/c1-3-24-17-10-9-15(11-18(17)25-4-2)19-21-16(12-26-19)13-5-7-14(8-6-13)20(22)23/h5-12H,3-4H2,1-2H3,(H,22,23). The molecular weight excluding hydrogens is 350 g/mol. The Kier molecular flexibility index (Phi) is 5.53. The summed E-state index contributed by atoms with van der Waals surface area (Å²) in [6.07, 6.45) is 0. The largest absolute Gasteiger partial charge is 0.490 e. The first-order valence-electron chi connectivity index (χ1n) is 8.31. The van der Waals surface area contributed by atoms with Crippen molar-refractivity contribution in [1.82, 2.24) is 4.98 Å². The lowest BCUT2D eigenvalue weighted by molar-refractivity contribution is 0.0697. The number of aromatic carboxylic acids is 1. The van der Waals surface area contributed by atoms with Crippen molar-refractivity contribution in [2.75, 3.05) is 13.2 Å². The van der Waals surface area contributed by atoms with E-state index in [0.717, 1.165) is 27.6 Å². The lowest BCUT2D eigenvalue weighted by Crippen LogP contribution is -1.98. The number of aromatic nitrogens is 1. The molecule has 0 aliphatic rings. The van der Waals surface area contributed by atoms with Crippen LogP contribution in [0.4, 0.5) is 0 Å². The van der Waals surface area contributed by atoms with Gasteiger partial charge in [-0.15, -0.1) is 11.3 Å². The second-order valence-corrected chi connectivity index (χ2v) is 6.31. The van der Waals surface area contributed by atoms with E-state index in [1.54, 1.807) is 24.3 Å². The van der Waals surface area contributed by atoms with Gasteiger partial charge in [-0.25, -0.2) is 9.78 Å². The number of thiazole rings is 1. The van der Waals surface area contributed by atoms with E-state index in [-0.39, 0.29) is 5.56 Å². The molecule has 26 heavy (non-hydrogen) atoms. The van der Waals surface area contributed by atoms with E-state index in [9.17, 15) is 4.79 Å². The fourth-order valence-corrected chi connectivity index (χ4v) is 3.33. The fourth-order valence-electron chi connectivity index (χ4n) is 2.51. The van der Waals surface area contributed by atoms with E-state index in [1.165, 1.54) is 11.3 Å². The van der Waals surface area contributed by atoms with Gasteiger partial charge in [0.05, 0.1) is 24.5 Å². The number of hydrogen-bond acceptors (Lipinski definition) is 5. The van der Waals surface area contributed by atoms with E-state index >= 15 is 0 Å². The minimum atomic E-state index is -0.937. The highest BCUT2D eigenvalue weighted by atomic mass is 32.1. The van der Waals surface area contributed by atoms with Crippen LogP contribution in [0.2, 0.25) is 0 Å². The van der Waals surface area contributed by atoms with Crippen molar-refractivity contribution < 1.29 is 19.4 Å². The number of nitrogens with zero attached hydrogens (tertiary/aromatic N) is 1. The minimum Gasteiger partial charge on any atom is -0.490 e. The molecule has 5 nitrogen and oxygen atoms in total. The van der Waals surface area contributed by atoms with Crippen molar-refractivity contribution in [3.63, 3.8) is 0 Å². The van der Waals surface area contributed by atoms with Crippen LogP contribution in [-0.2, 0) is 0 Å². The molecule has 0 saturated heterocycles. The normalized spacial score (nSPS) is 10.5. The average molecular weight is 369 g/mol. The lowest BCUT2D eigenvalue weighted by Gasteiger charge is -2.11. The summed E-state index contributed by atoms with van der Waals surface area (Å²) in [5.41, 5.74) is 2.91. The van der Waals surface area contributed by atoms with Gasteiger partial charge in [0.15, 0.2) is 11.5 Å². The maximum Gasteiger partial charge on any atom is 0.335 e. The third kappa shape index (κ3) is 3.86. The molecule has 1 aromatic heterocycles. The van der Waals surface area contributed by atoms with Gasteiger partial charge < -0.3 is 14.6 Å². The molecule has 0 spiro atoms. The average Bonchev–Trinajstić information content (AvgIpc) is 3.14. The predicted octanol–water partition coefficient (Wildman–Crippen LogP) is 4.97. The molecule has 0 atom stereocenters. The smallest absolute Gasteiger partial charge is 0.335 e. The van der Waals surface area contributed by atoms with Crippen LogP contribution in [0, 0.1) is 0 Å².